The molecule has 1 saturated heterocycles. The second-order valence-corrected chi connectivity index (χ2v) is 10.8. The Hall–Kier alpha value is -3.61. The number of halogens is 6. The minimum absolute atomic E-state index is 0.0585. The number of rotatable bonds is 8. The minimum Gasteiger partial charge on any atom is -0.445 e. The third-order valence-corrected chi connectivity index (χ3v) is 7.73. The van der Waals surface area contributed by atoms with E-state index in [2.05, 4.69) is 0 Å². The van der Waals surface area contributed by atoms with E-state index in [1.807, 2.05) is 0 Å². The van der Waals surface area contributed by atoms with Crippen LogP contribution in [0.4, 0.5) is 31.1 Å². The van der Waals surface area contributed by atoms with Crippen molar-refractivity contribution in [3.63, 3.8) is 0 Å². The van der Waals surface area contributed by atoms with Gasteiger partial charge in [0.25, 0.3) is 0 Å². The molecule has 43 heavy (non-hydrogen) atoms. The number of hydrogen-bond donors (Lipinski definition) is 2. The molecule has 6 nitrogen and oxygen atoms in total. The van der Waals surface area contributed by atoms with Gasteiger partial charge in [-0.3, -0.25) is 4.90 Å². The molecule has 0 unspecified atom stereocenters. The third-order valence-electron chi connectivity index (χ3n) is 7.73. The van der Waals surface area contributed by atoms with E-state index < -0.39 is 53.4 Å². The fourth-order valence-electron chi connectivity index (χ4n) is 5.16. The zero-order valence-corrected chi connectivity index (χ0v) is 23.3. The van der Waals surface area contributed by atoms with Crippen molar-refractivity contribution in [2.75, 3.05) is 19.8 Å². The largest absolute Gasteiger partial charge is 0.445 e. The molecule has 1 aliphatic heterocycles. The van der Waals surface area contributed by atoms with Crippen molar-refractivity contribution in [2.24, 2.45) is 5.73 Å². The second-order valence-electron chi connectivity index (χ2n) is 10.8. The molecule has 3 aromatic carbocycles. The zero-order valence-electron chi connectivity index (χ0n) is 23.3. The Labute approximate surface area is 245 Å². The van der Waals surface area contributed by atoms with E-state index in [4.69, 9.17) is 15.2 Å². The Morgan fingerprint density at radius 3 is 2.02 bits per heavy atom. The van der Waals surface area contributed by atoms with Gasteiger partial charge in [-0.15, -0.1) is 0 Å². The number of carbonyl (C=O) groups excluding carboxylic acids is 1. The summed E-state index contributed by atoms with van der Waals surface area (Å²) < 4.78 is 92.7. The van der Waals surface area contributed by atoms with Crippen LogP contribution in [-0.4, -0.2) is 41.4 Å². The SMILES string of the molecule is C[C@@H](OC[C@@]1(c2ccccc2)CC[C@@](N)(CO)CN1C(=O)OCc1ccccc1)c1cc(C(F)(F)F)cc(C(F)(F)F)c1. The molecule has 0 aliphatic carbocycles. The minimum atomic E-state index is -5.02. The molecule has 1 heterocycles. The van der Waals surface area contributed by atoms with E-state index in [0.29, 0.717) is 23.3 Å². The standard InChI is InChI=1S/C31H32F6N2O4/c1-21(23-14-25(30(32,33)34)16-26(15-23)31(35,36)37)43-20-29(24-10-6-3-7-11-24)13-12-28(38,19-40)18-39(29)27(41)42-17-22-8-4-2-5-9-22/h2-11,14-16,21,40H,12-13,17-20,38H2,1H3/t21-,28+,29-/m1/s1. The van der Waals surface area contributed by atoms with Gasteiger partial charge < -0.3 is 20.3 Å². The van der Waals surface area contributed by atoms with Crippen LogP contribution in [0, 0.1) is 0 Å². The first kappa shape index (κ1) is 32.3. The number of hydrogen-bond acceptors (Lipinski definition) is 5. The van der Waals surface area contributed by atoms with Gasteiger partial charge in [-0.25, -0.2) is 4.79 Å². The predicted octanol–water partition coefficient (Wildman–Crippen LogP) is 6.82. The van der Waals surface area contributed by atoms with Gasteiger partial charge >= 0.3 is 18.4 Å². The summed E-state index contributed by atoms with van der Waals surface area (Å²) in [5.41, 5.74) is 2.03. The van der Waals surface area contributed by atoms with Gasteiger partial charge in [-0.05, 0) is 54.7 Å². The number of amides is 1. The van der Waals surface area contributed by atoms with E-state index >= 15 is 0 Å². The summed E-state index contributed by atoms with van der Waals surface area (Å²) in [6.07, 6.45) is -11.6. The van der Waals surface area contributed by atoms with Crippen LogP contribution < -0.4 is 5.73 Å². The molecule has 1 aliphatic rings. The van der Waals surface area contributed by atoms with Crippen LogP contribution >= 0.6 is 0 Å². The lowest BCUT2D eigenvalue weighted by Gasteiger charge is -2.52. The molecule has 0 bridgehead atoms. The highest BCUT2D eigenvalue weighted by molar-refractivity contribution is 5.70. The third kappa shape index (κ3) is 7.49. The van der Waals surface area contributed by atoms with E-state index in [1.165, 1.54) is 11.8 Å². The lowest BCUT2D eigenvalue weighted by atomic mass is 9.75. The topological polar surface area (TPSA) is 85.0 Å². The Morgan fingerprint density at radius 2 is 1.49 bits per heavy atom. The summed E-state index contributed by atoms with van der Waals surface area (Å²) >= 11 is 0. The van der Waals surface area contributed by atoms with Crippen molar-refractivity contribution in [1.29, 1.82) is 0 Å². The van der Waals surface area contributed by atoms with Gasteiger partial charge in [-0.1, -0.05) is 60.7 Å². The number of piperidine rings is 1. The fraction of sp³-hybridized carbons (Fsp3) is 0.387. The molecule has 12 heteroatoms. The van der Waals surface area contributed by atoms with Crippen molar-refractivity contribution < 1.29 is 45.7 Å². The van der Waals surface area contributed by atoms with Crippen molar-refractivity contribution in [3.8, 4) is 0 Å². The first-order valence-corrected chi connectivity index (χ1v) is 13.5. The summed E-state index contributed by atoms with van der Waals surface area (Å²) in [7, 11) is 0. The molecular weight excluding hydrogens is 578 g/mol. The van der Waals surface area contributed by atoms with Crippen LogP contribution in [0.2, 0.25) is 0 Å². The number of ether oxygens (including phenoxy) is 2. The number of nitrogens with two attached hydrogens (primary N) is 1. The normalized spacial score (nSPS) is 21.8. The van der Waals surface area contributed by atoms with Gasteiger partial charge in [0.2, 0.25) is 0 Å². The lowest BCUT2D eigenvalue weighted by Crippen LogP contribution is -2.66. The maximum atomic E-state index is 13.6. The van der Waals surface area contributed by atoms with Gasteiger partial charge in [0.05, 0.1) is 41.5 Å². The summed E-state index contributed by atoms with van der Waals surface area (Å²) in [5.74, 6) is 0. The molecule has 0 aromatic heterocycles. The number of alkyl halides is 6. The molecule has 4 rings (SSSR count). The molecule has 3 atom stereocenters. The number of aliphatic hydroxyl groups excluding tert-OH is 1. The number of likely N-dealkylation sites (tertiary alicyclic amines) is 1. The predicted molar refractivity (Wildman–Crippen MR) is 146 cm³/mol. The molecule has 3 N–H and O–H groups in total. The van der Waals surface area contributed by atoms with Crippen LogP contribution in [0.5, 0.6) is 0 Å². The highest BCUT2D eigenvalue weighted by Crippen LogP contribution is 2.43. The van der Waals surface area contributed by atoms with Crippen LogP contribution in [0.1, 0.15) is 53.7 Å². The molecule has 3 aromatic rings. The van der Waals surface area contributed by atoms with Gasteiger partial charge in [0.15, 0.2) is 0 Å². The molecule has 0 radical (unpaired) electrons. The molecule has 232 valence electrons. The van der Waals surface area contributed by atoms with Gasteiger partial charge in [-0.2, -0.15) is 26.3 Å². The van der Waals surface area contributed by atoms with Crippen LogP contribution in [0.15, 0.2) is 78.9 Å². The number of benzene rings is 3. The van der Waals surface area contributed by atoms with Gasteiger partial charge in [0.1, 0.15) is 6.61 Å². The maximum absolute atomic E-state index is 13.6. The summed E-state index contributed by atoms with van der Waals surface area (Å²) in [6, 6.07) is 18.9. The number of carbonyl (C=O) groups is 1. The van der Waals surface area contributed by atoms with E-state index in [9.17, 15) is 36.2 Å². The van der Waals surface area contributed by atoms with Gasteiger partial charge in [0, 0.05) is 6.54 Å². The number of nitrogens with zero attached hydrogens (tertiary/aromatic N) is 1. The molecule has 1 amide bonds. The average Bonchev–Trinajstić information content (AvgIpc) is 2.99. The molecule has 0 saturated carbocycles. The fourth-order valence-corrected chi connectivity index (χ4v) is 5.16. The number of aliphatic hydroxyl groups is 1. The Kier molecular flexibility index (Phi) is 9.43. The van der Waals surface area contributed by atoms with E-state index in [-0.39, 0.29) is 44.2 Å². The molecule has 1 fully saturated rings. The van der Waals surface area contributed by atoms with Crippen molar-refractivity contribution >= 4 is 6.09 Å². The monoisotopic (exact) mass is 610 g/mol. The van der Waals surface area contributed by atoms with Crippen molar-refractivity contribution in [3.05, 3.63) is 107 Å². The maximum Gasteiger partial charge on any atom is 0.416 e. The van der Waals surface area contributed by atoms with Crippen LogP contribution in [0.25, 0.3) is 0 Å². The van der Waals surface area contributed by atoms with Crippen LogP contribution in [0.3, 0.4) is 0 Å². The highest BCUT2D eigenvalue weighted by Gasteiger charge is 2.51. The molecular formula is C31H32F6N2O4. The lowest BCUT2D eigenvalue weighted by molar-refractivity contribution is -0.143. The van der Waals surface area contributed by atoms with Crippen molar-refractivity contribution in [2.45, 2.75) is 55.9 Å². The van der Waals surface area contributed by atoms with Crippen molar-refractivity contribution in [1.82, 2.24) is 4.90 Å². The quantitative estimate of drug-likeness (QED) is 0.274. The molecule has 0 spiro atoms. The Bertz CT molecular complexity index is 1350. The second kappa shape index (κ2) is 12.6. The highest BCUT2D eigenvalue weighted by atomic mass is 19.4. The van der Waals surface area contributed by atoms with E-state index in [0.717, 1.165) is 0 Å². The average molecular weight is 611 g/mol. The summed E-state index contributed by atoms with van der Waals surface area (Å²) in [5, 5.41) is 10.0. The summed E-state index contributed by atoms with van der Waals surface area (Å²) in [6.45, 7) is 0.376. The first-order valence-electron chi connectivity index (χ1n) is 13.5. The first-order chi connectivity index (χ1) is 20.2. The smallest absolute Gasteiger partial charge is 0.416 e. The Balaban J connectivity index is 1.70. The van der Waals surface area contributed by atoms with Crippen LogP contribution in [-0.2, 0) is 34.0 Å². The van der Waals surface area contributed by atoms with E-state index in [1.54, 1.807) is 60.7 Å². The Morgan fingerprint density at radius 1 is 0.930 bits per heavy atom. The summed E-state index contributed by atoms with van der Waals surface area (Å²) in [4.78, 5) is 15.0. The zero-order chi connectivity index (χ0) is 31.5.